The van der Waals surface area contributed by atoms with E-state index in [2.05, 4.69) is 0 Å². The molecule has 2 aromatic carbocycles. The summed E-state index contributed by atoms with van der Waals surface area (Å²) in [7, 11) is 0. The highest BCUT2D eigenvalue weighted by atomic mass is 16.7. The molecule has 0 N–H and O–H groups in total. The quantitative estimate of drug-likeness (QED) is 0.598. The van der Waals surface area contributed by atoms with Crippen LogP contribution in [-0.2, 0) is 4.74 Å². The summed E-state index contributed by atoms with van der Waals surface area (Å²) in [5, 5.41) is 0. The fourth-order valence-corrected chi connectivity index (χ4v) is 1.77. The SMILES string of the molecule is CCC(C)OC(=O)Oc1ccccc1-c1ccccc1. The number of hydrogen-bond acceptors (Lipinski definition) is 3. The summed E-state index contributed by atoms with van der Waals surface area (Å²) in [6.07, 6.45) is -0.0516. The summed E-state index contributed by atoms with van der Waals surface area (Å²) in [4.78, 5) is 11.7. The molecule has 1 unspecified atom stereocenters. The van der Waals surface area contributed by atoms with Crippen LogP contribution < -0.4 is 4.74 Å². The third-order valence-corrected chi connectivity index (χ3v) is 3.04. The van der Waals surface area contributed by atoms with Crippen molar-refractivity contribution in [3.8, 4) is 16.9 Å². The molecule has 0 radical (unpaired) electrons. The van der Waals surface area contributed by atoms with Crippen LogP contribution in [-0.4, -0.2) is 12.3 Å². The molecule has 2 rings (SSSR count). The number of ether oxygens (including phenoxy) is 2. The normalized spacial score (nSPS) is 11.7. The van der Waals surface area contributed by atoms with Crippen molar-refractivity contribution < 1.29 is 14.3 Å². The van der Waals surface area contributed by atoms with Crippen molar-refractivity contribution in [3.63, 3.8) is 0 Å². The predicted octanol–water partition coefficient (Wildman–Crippen LogP) is 4.67. The molecule has 0 heterocycles. The molecule has 0 saturated heterocycles. The van der Waals surface area contributed by atoms with Crippen molar-refractivity contribution in [2.24, 2.45) is 0 Å². The van der Waals surface area contributed by atoms with Gasteiger partial charge in [0, 0.05) is 5.56 Å². The van der Waals surface area contributed by atoms with E-state index in [4.69, 9.17) is 9.47 Å². The molecule has 0 aliphatic heterocycles. The van der Waals surface area contributed by atoms with E-state index < -0.39 is 6.16 Å². The first-order chi connectivity index (χ1) is 9.70. The minimum absolute atomic E-state index is 0.147. The molecule has 0 aromatic heterocycles. The fraction of sp³-hybridized carbons (Fsp3) is 0.235. The van der Waals surface area contributed by atoms with Crippen molar-refractivity contribution in [3.05, 3.63) is 54.6 Å². The minimum Gasteiger partial charge on any atom is -0.431 e. The Morgan fingerprint density at radius 3 is 2.40 bits per heavy atom. The van der Waals surface area contributed by atoms with E-state index in [1.54, 1.807) is 6.07 Å². The van der Waals surface area contributed by atoms with Crippen molar-refractivity contribution in [2.75, 3.05) is 0 Å². The van der Waals surface area contributed by atoms with Crippen LogP contribution in [0.15, 0.2) is 54.6 Å². The van der Waals surface area contributed by atoms with E-state index in [0.29, 0.717) is 5.75 Å². The Kier molecular flexibility index (Phi) is 4.77. The first-order valence-electron chi connectivity index (χ1n) is 6.73. The van der Waals surface area contributed by atoms with Crippen LogP contribution in [0, 0.1) is 0 Å². The third kappa shape index (κ3) is 3.60. The first kappa shape index (κ1) is 14.1. The summed E-state index contributed by atoms with van der Waals surface area (Å²) >= 11 is 0. The number of hydrogen-bond donors (Lipinski definition) is 0. The highest BCUT2D eigenvalue weighted by molar-refractivity contribution is 5.74. The van der Waals surface area contributed by atoms with Gasteiger partial charge < -0.3 is 9.47 Å². The van der Waals surface area contributed by atoms with Crippen LogP contribution in [0.25, 0.3) is 11.1 Å². The lowest BCUT2D eigenvalue weighted by Gasteiger charge is -2.13. The molecule has 1 atom stereocenters. The summed E-state index contributed by atoms with van der Waals surface area (Å²) in [5.41, 5.74) is 1.87. The predicted molar refractivity (Wildman–Crippen MR) is 78.7 cm³/mol. The lowest BCUT2D eigenvalue weighted by molar-refractivity contribution is 0.0645. The van der Waals surface area contributed by atoms with Gasteiger partial charge in [-0.3, -0.25) is 0 Å². The van der Waals surface area contributed by atoms with Crippen molar-refractivity contribution in [1.82, 2.24) is 0 Å². The molecular weight excluding hydrogens is 252 g/mol. The largest absolute Gasteiger partial charge is 0.514 e. The average Bonchev–Trinajstić information content (AvgIpc) is 2.48. The molecule has 0 bridgehead atoms. The third-order valence-electron chi connectivity index (χ3n) is 3.04. The van der Waals surface area contributed by atoms with Crippen LogP contribution in [0.5, 0.6) is 5.75 Å². The van der Waals surface area contributed by atoms with E-state index >= 15 is 0 Å². The zero-order chi connectivity index (χ0) is 14.4. The second-order valence-corrected chi connectivity index (χ2v) is 4.55. The number of para-hydroxylation sites is 1. The van der Waals surface area contributed by atoms with Crippen LogP contribution in [0.1, 0.15) is 20.3 Å². The van der Waals surface area contributed by atoms with Gasteiger partial charge in [-0.2, -0.15) is 0 Å². The van der Waals surface area contributed by atoms with Gasteiger partial charge in [-0.25, -0.2) is 4.79 Å². The van der Waals surface area contributed by atoms with E-state index in [1.165, 1.54) is 0 Å². The number of carbonyl (C=O) groups is 1. The first-order valence-corrected chi connectivity index (χ1v) is 6.73. The highest BCUT2D eigenvalue weighted by Gasteiger charge is 2.13. The van der Waals surface area contributed by atoms with Gasteiger partial charge in [-0.15, -0.1) is 0 Å². The molecule has 0 amide bonds. The maximum absolute atomic E-state index is 11.7. The van der Waals surface area contributed by atoms with Crippen LogP contribution in [0.2, 0.25) is 0 Å². The van der Waals surface area contributed by atoms with Crippen LogP contribution >= 0.6 is 0 Å². The molecule has 0 aliphatic rings. The zero-order valence-corrected chi connectivity index (χ0v) is 11.7. The van der Waals surface area contributed by atoms with Gasteiger partial charge in [0.2, 0.25) is 0 Å². The lowest BCUT2D eigenvalue weighted by Crippen LogP contribution is -2.17. The van der Waals surface area contributed by atoms with E-state index in [9.17, 15) is 4.79 Å². The van der Waals surface area contributed by atoms with E-state index in [1.807, 2.05) is 62.4 Å². The van der Waals surface area contributed by atoms with Gasteiger partial charge in [-0.05, 0) is 25.0 Å². The maximum Gasteiger partial charge on any atom is 0.514 e. The Morgan fingerprint density at radius 2 is 1.70 bits per heavy atom. The fourth-order valence-electron chi connectivity index (χ4n) is 1.77. The Bertz CT molecular complexity index is 563. The van der Waals surface area contributed by atoms with Gasteiger partial charge >= 0.3 is 6.16 Å². The van der Waals surface area contributed by atoms with E-state index in [-0.39, 0.29) is 6.10 Å². The summed E-state index contributed by atoms with van der Waals surface area (Å²) in [6, 6.07) is 17.2. The molecule has 104 valence electrons. The Labute approximate surface area is 119 Å². The second kappa shape index (κ2) is 6.75. The smallest absolute Gasteiger partial charge is 0.431 e. The zero-order valence-electron chi connectivity index (χ0n) is 11.7. The number of rotatable bonds is 4. The molecule has 2 aromatic rings. The number of benzene rings is 2. The Morgan fingerprint density at radius 1 is 1.05 bits per heavy atom. The topological polar surface area (TPSA) is 35.5 Å². The van der Waals surface area contributed by atoms with E-state index in [0.717, 1.165) is 17.5 Å². The van der Waals surface area contributed by atoms with Gasteiger partial charge in [0.1, 0.15) is 11.9 Å². The Balaban J connectivity index is 2.19. The van der Waals surface area contributed by atoms with Crippen molar-refractivity contribution >= 4 is 6.16 Å². The van der Waals surface area contributed by atoms with Crippen molar-refractivity contribution in [1.29, 1.82) is 0 Å². The molecule has 0 spiro atoms. The van der Waals surface area contributed by atoms with Gasteiger partial charge in [0.05, 0.1) is 0 Å². The monoisotopic (exact) mass is 270 g/mol. The Hall–Kier alpha value is -2.29. The average molecular weight is 270 g/mol. The standard InChI is InChI=1S/C17H18O3/c1-3-13(2)19-17(18)20-16-12-8-7-11-15(16)14-9-5-4-6-10-14/h4-13H,3H2,1-2H3. The number of carbonyl (C=O) groups excluding carboxylic acids is 1. The lowest BCUT2D eigenvalue weighted by atomic mass is 10.1. The molecule has 3 nitrogen and oxygen atoms in total. The molecule has 0 saturated carbocycles. The highest BCUT2D eigenvalue weighted by Crippen LogP contribution is 2.29. The molecule has 0 fully saturated rings. The molecule has 0 aliphatic carbocycles. The summed E-state index contributed by atoms with van der Waals surface area (Å²) < 4.78 is 10.4. The van der Waals surface area contributed by atoms with Crippen molar-refractivity contribution in [2.45, 2.75) is 26.4 Å². The molecule has 3 heteroatoms. The summed E-state index contributed by atoms with van der Waals surface area (Å²) in [5.74, 6) is 0.506. The van der Waals surface area contributed by atoms with Gasteiger partial charge in [-0.1, -0.05) is 55.5 Å². The molecule has 20 heavy (non-hydrogen) atoms. The summed E-state index contributed by atoms with van der Waals surface area (Å²) in [6.45, 7) is 3.79. The maximum atomic E-state index is 11.7. The second-order valence-electron chi connectivity index (χ2n) is 4.55. The molecular formula is C17H18O3. The van der Waals surface area contributed by atoms with Crippen LogP contribution in [0.3, 0.4) is 0 Å². The van der Waals surface area contributed by atoms with Gasteiger partial charge in [0.15, 0.2) is 0 Å². The minimum atomic E-state index is -0.664. The van der Waals surface area contributed by atoms with Gasteiger partial charge in [0.25, 0.3) is 0 Å². The van der Waals surface area contributed by atoms with Crippen LogP contribution in [0.4, 0.5) is 4.79 Å².